The minimum atomic E-state index is -3.45. The number of nitrogens with zero attached hydrogens (tertiary/aromatic N) is 2. The number of para-hydroxylation sites is 2. The molecule has 2 aliphatic rings. The van der Waals surface area contributed by atoms with E-state index in [1.165, 1.54) is 4.31 Å². The number of anilines is 1. The number of benzene rings is 1. The molecule has 22 heavy (non-hydrogen) atoms. The average molecular weight is 324 g/mol. The largest absolute Gasteiger partial charge is 0.476 e. The van der Waals surface area contributed by atoms with Crippen molar-refractivity contribution in [1.29, 1.82) is 0 Å². The summed E-state index contributed by atoms with van der Waals surface area (Å²) >= 11 is 0. The van der Waals surface area contributed by atoms with Crippen molar-refractivity contribution in [3.05, 3.63) is 24.3 Å². The van der Waals surface area contributed by atoms with Crippen molar-refractivity contribution in [3.63, 3.8) is 0 Å². The summed E-state index contributed by atoms with van der Waals surface area (Å²) in [6, 6.07) is 6.92. The van der Waals surface area contributed by atoms with Gasteiger partial charge in [0.1, 0.15) is 5.75 Å². The molecule has 2 aliphatic heterocycles. The van der Waals surface area contributed by atoms with Gasteiger partial charge in [0.2, 0.25) is 10.0 Å². The summed E-state index contributed by atoms with van der Waals surface area (Å²) in [6.45, 7) is 1.48. The van der Waals surface area contributed by atoms with Gasteiger partial charge in [-0.2, -0.15) is 0 Å². The number of piperidine rings is 1. The average Bonchev–Trinajstić information content (AvgIpc) is 2.53. The monoisotopic (exact) mass is 324 g/mol. The number of carbonyl (C=O) groups is 1. The molecule has 6 nitrogen and oxygen atoms in total. The van der Waals surface area contributed by atoms with Crippen molar-refractivity contribution in [3.8, 4) is 5.75 Å². The van der Waals surface area contributed by atoms with E-state index < -0.39 is 16.1 Å². The van der Waals surface area contributed by atoms with Gasteiger partial charge in [-0.15, -0.1) is 0 Å². The fourth-order valence-electron chi connectivity index (χ4n) is 2.96. The van der Waals surface area contributed by atoms with Gasteiger partial charge in [0, 0.05) is 13.1 Å². The Kier molecular flexibility index (Phi) is 3.99. The maximum atomic E-state index is 12.6. The van der Waals surface area contributed by atoms with Crippen LogP contribution in [0.5, 0.6) is 5.75 Å². The van der Waals surface area contributed by atoms with Gasteiger partial charge in [-0.1, -0.05) is 12.1 Å². The quantitative estimate of drug-likeness (QED) is 0.820. The third-order valence-corrected chi connectivity index (χ3v) is 5.22. The first-order valence-electron chi connectivity index (χ1n) is 7.49. The number of hydrogen-bond acceptors (Lipinski definition) is 4. The summed E-state index contributed by atoms with van der Waals surface area (Å²) < 4.78 is 31.1. The molecule has 1 atom stereocenters. The molecule has 0 spiro atoms. The number of hydrogen-bond donors (Lipinski definition) is 0. The van der Waals surface area contributed by atoms with Crippen LogP contribution in [0.15, 0.2) is 24.3 Å². The molecule has 0 N–H and O–H groups in total. The fourth-order valence-corrected chi connectivity index (χ4v) is 3.88. The predicted molar refractivity (Wildman–Crippen MR) is 83.5 cm³/mol. The lowest BCUT2D eigenvalue weighted by molar-refractivity contribution is -0.139. The number of rotatable bonds is 2. The van der Waals surface area contributed by atoms with Crippen LogP contribution in [0, 0.1) is 0 Å². The molecule has 0 radical (unpaired) electrons. The lowest BCUT2D eigenvalue weighted by Crippen LogP contribution is -2.52. The summed E-state index contributed by atoms with van der Waals surface area (Å²) in [7, 11) is -3.45. The molecule has 120 valence electrons. The lowest BCUT2D eigenvalue weighted by atomic mass is 10.1. The van der Waals surface area contributed by atoms with E-state index in [1.54, 1.807) is 29.2 Å². The second-order valence-corrected chi connectivity index (χ2v) is 7.66. The van der Waals surface area contributed by atoms with E-state index in [9.17, 15) is 13.2 Å². The first kappa shape index (κ1) is 15.1. The van der Waals surface area contributed by atoms with Crippen molar-refractivity contribution in [2.75, 3.05) is 30.2 Å². The molecule has 3 rings (SSSR count). The van der Waals surface area contributed by atoms with Crippen molar-refractivity contribution < 1.29 is 17.9 Å². The van der Waals surface area contributed by atoms with Crippen LogP contribution in [0.4, 0.5) is 5.69 Å². The maximum Gasteiger partial charge on any atom is 0.265 e. The van der Waals surface area contributed by atoms with E-state index >= 15 is 0 Å². The third-order valence-electron chi connectivity index (χ3n) is 4.08. The Morgan fingerprint density at radius 3 is 2.55 bits per heavy atom. The molecule has 0 aromatic heterocycles. The highest BCUT2D eigenvalue weighted by Gasteiger charge is 2.37. The summed E-state index contributed by atoms with van der Waals surface area (Å²) in [5, 5.41) is 0. The van der Waals surface area contributed by atoms with Gasteiger partial charge < -0.3 is 9.64 Å². The first-order valence-corrected chi connectivity index (χ1v) is 9.34. The molecule has 7 heteroatoms. The van der Waals surface area contributed by atoms with Gasteiger partial charge >= 0.3 is 0 Å². The van der Waals surface area contributed by atoms with Gasteiger partial charge in [0.15, 0.2) is 6.10 Å². The van der Waals surface area contributed by atoms with Crippen LogP contribution in [0.25, 0.3) is 0 Å². The Hall–Kier alpha value is -1.76. The standard InChI is InChI=1S/C15H20N2O4S/c1-22(19,20)17-11-14(15(18)16-9-5-2-6-10-16)21-13-8-4-3-7-12(13)17/h3-4,7-8,14H,2,5-6,9-11H2,1H3/t14-/m1/s1. The van der Waals surface area contributed by atoms with E-state index in [2.05, 4.69) is 0 Å². The highest BCUT2D eigenvalue weighted by Crippen LogP contribution is 2.35. The van der Waals surface area contributed by atoms with E-state index in [1.807, 2.05) is 0 Å². The van der Waals surface area contributed by atoms with Gasteiger partial charge in [0.05, 0.1) is 18.5 Å². The van der Waals surface area contributed by atoms with Crippen LogP contribution in [-0.4, -0.2) is 51.2 Å². The van der Waals surface area contributed by atoms with E-state index in [4.69, 9.17) is 4.74 Å². The van der Waals surface area contributed by atoms with Gasteiger partial charge in [-0.3, -0.25) is 9.10 Å². The van der Waals surface area contributed by atoms with Crippen LogP contribution in [0.3, 0.4) is 0 Å². The van der Waals surface area contributed by atoms with E-state index in [0.29, 0.717) is 11.4 Å². The van der Waals surface area contributed by atoms with Crippen molar-refractivity contribution in [1.82, 2.24) is 4.90 Å². The van der Waals surface area contributed by atoms with Gasteiger partial charge in [-0.05, 0) is 31.4 Å². The van der Waals surface area contributed by atoms with E-state index in [-0.39, 0.29) is 12.5 Å². The Morgan fingerprint density at radius 1 is 1.18 bits per heavy atom. The van der Waals surface area contributed by atoms with Crippen LogP contribution >= 0.6 is 0 Å². The number of sulfonamides is 1. The zero-order valence-corrected chi connectivity index (χ0v) is 13.4. The second kappa shape index (κ2) is 5.79. The van der Waals surface area contributed by atoms with Crippen molar-refractivity contribution in [2.24, 2.45) is 0 Å². The third kappa shape index (κ3) is 2.90. The predicted octanol–water partition coefficient (Wildman–Crippen LogP) is 1.23. The number of ether oxygens (including phenoxy) is 1. The fraction of sp³-hybridized carbons (Fsp3) is 0.533. The Morgan fingerprint density at radius 2 is 1.86 bits per heavy atom. The first-order chi connectivity index (χ1) is 10.5. The van der Waals surface area contributed by atoms with E-state index in [0.717, 1.165) is 38.6 Å². The highest BCUT2D eigenvalue weighted by atomic mass is 32.2. The molecular weight excluding hydrogens is 304 g/mol. The Bertz CT molecular complexity index is 668. The lowest BCUT2D eigenvalue weighted by Gasteiger charge is -2.37. The molecule has 1 amide bonds. The topological polar surface area (TPSA) is 66.9 Å². The number of likely N-dealkylation sites (tertiary alicyclic amines) is 1. The molecule has 0 bridgehead atoms. The molecule has 1 saturated heterocycles. The summed E-state index contributed by atoms with van der Waals surface area (Å²) in [6.07, 6.45) is 3.49. The zero-order chi connectivity index (χ0) is 15.7. The van der Waals surface area contributed by atoms with Gasteiger partial charge in [-0.25, -0.2) is 8.42 Å². The second-order valence-electron chi connectivity index (χ2n) is 5.75. The molecule has 2 heterocycles. The zero-order valence-electron chi connectivity index (χ0n) is 12.6. The molecule has 0 unspecified atom stereocenters. The van der Waals surface area contributed by atoms with Crippen molar-refractivity contribution >= 4 is 21.6 Å². The molecule has 1 fully saturated rings. The summed E-state index contributed by atoms with van der Waals surface area (Å²) in [5.41, 5.74) is 0.493. The maximum absolute atomic E-state index is 12.6. The van der Waals surface area contributed by atoms with Crippen molar-refractivity contribution in [2.45, 2.75) is 25.4 Å². The Labute approximate surface area is 130 Å². The van der Waals surface area contributed by atoms with Crippen LogP contribution in [0.2, 0.25) is 0 Å². The van der Waals surface area contributed by atoms with Crippen LogP contribution in [0.1, 0.15) is 19.3 Å². The Balaban J connectivity index is 1.88. The minimum absolute atomic E-state index is 0.0329. The smallest absolute Gasteiger partial charge is 0.265 e. The molecule has 1 aromatic rings. The molecule has 0 aliphatic carbocycles. The summed E-state index contributed by atoms with van der Waals surface area (Å²) in [4.78, 5) is 14.4. The SMILES string of the molecule is CS(=O)(=O)N1C[C@H](C(=O)N2CCCCC2)Oc2ccccc21. The van der Waals surface area contributed by atoms with Gasteiger partial charge in [0.25, 0.3) is 5.91 Å². The van der Waals surface area contributed by atoms with Crippen LogP contribution in [-0.2, 0) is 14.8 Å². The number of fused-ring (bicyclic) bond motifs is 1. The molecular formula is C15H20N2O4S. The minimum Gasteiger partial charge on any atom is -0.476 e. The summed E-state index contributed by atoms with van der Waals surface area (Å²) in [5.74, 6) is 0.317. The van der Waals surface area contributed by atoms with Crippen LogP contribution < -0.4 is 9.04 Å². The molecule has 0 saturated carbocycles. The highest BCUT2D eigenvalue weighted by molar-refractivity contribution is 7.92. The number of amides is 1. The normalized spacial score (nSPS) is 22.0. The number of carbonyl (C=O) groups excluding carboxylic acids is 1. The molecule has 1 aromatic carbocycles.